The number of aromatic nitrogens is 2. The second-order valence-electron chi connectivity index (χ2n) is 5.23. The van der Waals surface area contributed by atoms with Gasteiger partial charge in [-0.05, 0) is 42.5 Å². The maximum atomic E-state index is 11.8. The highest BCUT2D eigenvalue weighted by atomic mass is 32.1. The van der Waals surface area contributed by atoms with Gasteiger partial charge in [0.1, 0.15) is 5.75 Å². The molecule has 0 aliphatic rings. The van der Waals surface area contributed by atoms with Crippen molar-refractivity contribution in [2.75, 3.05) is 14.1 Å². The molecule has 1 aromatic heterocycles. The van der Waals surface area contributed by atoms with Crippen LogP contribution in [0.2, 0.25) is 0 Å². The SMILES string of the molecule is CN(C)C(=S)Oc1ccc(-c2n[nH]c(=O)c3ccccc23)cc1. The zero-order valence-electron chi connectivity index (χ0n) is 12.7. The van der Waals surface area contributed by atoms with E-state index in [-0.39, 0.29) is 5.56 Å². The minimum absolute atomic E-state index is 0.194. The molecule has 0 unspecified atom stereocenters. The van der Waals surface area contributed by atoms with Gasteiger partial charge in [-0.2, -0.15) is 5.10 Å². The van der Waals surface area contributed by atoms with Gasteiger partial charge in [-0.1, -0.05) is 18.2 Å². The molecule has 2 aromatic carbocycles. The molecule has 0 bridgehead atoms. The second kappa shape index (κ2) is 6.18. The minimum atomic E-state index is -0.194. The van der Waals surface area contributed by atoms with Crippen LogP contribution in [0.3, 0.4) is 0 Å². The summed E-state index contributed by atoms with van der Waals surface area (Å²) in [5.41, 5.74) is 1.42. The summed E-state index contributed by atoms with van der Waals surface area (Å²) < 4.78 is 5.55. The van der Waals surface area contributed by atoms with E-state index in [1.807, 2.05) is 56.6 Å². The van der Waals surface area contributed by atoms with Crippen molar-refractivity contribution in [1.82, 2.24) is 15.1 Å². The molecule has 3 aromatic rings. The lowest BCUT2D eigenvalue weighted by molar-refractivity contribution is 0.449. The summed E-state index contributed by atoms with van der Waals surface area (Å²) in [6, 6.07) is 14.8. The molecular weight excluding hydrogens is 310 g/mol. The van der Waals surface area contributed by atoms with Crippen molar-refractivity contribution in [2.24, 2.45) is 0 Å². The molecule has 23 heavy (non-hydrogen) atoms. The number of nitrogens with one attached hydrogen (secondary N) is 1. The molecular formula is C17H15N3O2S. The minimum Gasteiger partial charge on any atom is -0.432 e. The van der Waals surface area contributed by atoms with Gasteiger partial charge in [0.05, 0.1) is 11.1 Å². The van der Waals surface area contributed by atoms with Crippen LogP contribution in [0.4, 0.5) is 0 Å². The number of rotatable bonds is 2. The number of fused-ring (bicyclic) bond motifs is 1. The Balaban J connectivity index is 1.99. The van der Waals surface area contributed by atoms with E-state index in [0.29, 0.717) is 16.3 Å². The summed E-state index contributed by atoms with van der Waals surface area (Å²) in [5, 5.41) is 8.55. The number of H-pyrrole nitrogens is 1. The zero-order valence-corrected chi connectivity index (χ0v) is 13.6. The molecule has 0 aliphatic carbocycles. The van der Waals surface area contributed by atoms with Crippen LogP contribution < -0.4 is 10.3 Å². The Bertz CT molecular complexity index is 917. The van der Waals surface area contributed by atoms with Crippen LogP contribution in [-0.2, 0) is 0 Å². The van der Waals surface area contributed by atoms with E-state index in [9.17, 15) is 4.79 Å². The summed E-state index contributed by atoms with van der Waals surface area (Å²) in [4.78, 5) is 13.6. The van der Waals surface area contributed by atoms with Gasteiger partial charge >= 0.3 is 0 Å². The van der Waals surface area contributed by atoms with Crippen molar-refractivity contribution in [3.05, 3.63) is 58.9 Å². The Morgan fingerprint density at radius 1 is 1.09 bits per heavy atom. The number of nitrogens with zero attached hydrogens (tertiary/aromatic N) is 2. The summed E-state index contributed by atoms with van der Waals surface area (Å²) in [5.74, 6) is 0.654. The fourth-order valence-electron chi connectivity index (χ4n) is 2.21. The summed E-state index contributed by atoms with van der Waals surface area (Å²) in [6.45, 7) is 0. The number of hydrogen-bond donors (Lipinski definition) is 1. The molecule has 116 valence electrons. The quantitative estimate of drug-likeness (QED) is 0.734. The normalized spacial score (nSPS) is 10.5. The number of thiocarbonyl (C=S) groups is 1. The largest absolute Gasteiger partial charge is 0.432 e. The fourth-order valence-corrected chi connectivity index (χ4v) is 2.30. The first kappa shape index (κ1) is 15.2. The summed E-state index contributed by atoms with van der Waals surface area (Å²) in [6.07, 6.45) is 0. The molecule has 0 fully saturated rings. The predicted molar refractivity (Wildman–Crippen MR) is 94.7 cm³/mol. The molecule has 1 heterocycles. The van der Waals surface area contributed by atoms with Crippen LogP contribution in [0.5, 0.6) is 5.75 Å². The molecule has 0 radical (unpaired) electrons. The Labute approximate surface area is 138 Å². The fraction of sp³-hybridized carbons (Fsp3) is 0.118. The summed E-state index contributed by atoms with van der Waals surface area (Å²) >= 11 is 5.12. The van der Waals surface area contributed by atoms with Crippen LogP contribution in [0.15, 0.2) is 53.3 Å². The van der Waals surface area contributed by atoms with Gasteiger partial charge in [0, 0.05) is 25.0 Å². The Morgan fingerprint density at radius 2 is 1.74 bits per heavy atom. The first-order valence-corrected chi connectivity index (χ1v) is 7.44. The van der Waals surface area contributed by atoms with E-state index < -0.39 is 0 Å². The third kappa shape index (κ3) is 3.07. The molecule has 5 nitrogen and oxygen atoms in total. The lowest BCUT2D eigenvalue weighted by Crippen LogP contribution is -2.24. The first-order chi connectivity index (χ1) is 11.1. The maximum absolute atomic E-state index is 11.8. The maximum Gasteiger partial charge on any atom is 0.272 e. The van der Waals surface area contributed by atoms with Gasteiger partial charge in [0.2, 0.25) is 0 Å². The molecule has 0 amide bonds. The van der Waals surface area contributed by atoms with Gasteiger partial charge in [-0.25, -0.2) is 5.10 Å². The second-order valence-corrected chi connectivity index (χ2v) is 5.58. The van der Waals surface area contributed by atoms with Crippen molar-refractivity contribution in [2.45, 2.75) is 0 Å². The highest BCUT2D eigenvalue weighted by Crippen LogP contribution is 2.26. The third-order valence-electron chi connectivity index (χ3n) is 3.39. The third-order valence-corrected chi connectivity index (χ3v) is 3.84. The predicted octanol–water partition coefficient (Wildman–Crippen LogP) is 2.82. The molecule has 0 saturated heterocycles. The van der Waals surface area contributed by atoms with Crippen LogP contribution in [0, 0.1) is 0 Å². The van der Waals surface area contributed by atoms with Gasteiger partial charge in [-0.15, -0.1) is 0 Å². The highest BCUT2D eigenvalue weighted by molar-refractivity contribution is 7.80. The topological polar surface area (TPSA) is 58.2 Å². The van der Waals surface area contributed by atoms with Gasteiger partial charge < -0.3 is 9.64 Å². The Kier molecular flexibility index (Phi) is 4.08. The van der Waals surface area contributed by atoms with E-state index in [4.69, 9.17) is 17.0 Å². The van der Waals surface area contributed by atoms with Crippen molar-refractivity contribution in [1.29, 1.82) is 0 Å². The van der Waals surface area contributed by atoms with Crippen molar-refractivity contribution in [3.63, 3.8) is 0 Å². The molecule has 6 heteroatoms. The van der Waals surface area contributed by atoms with Gasteiger partial charge in [0.15, 0.2) is 0 Å². The van der Waals surface area contributed by atoms with Crippen molar-refractivity contribution < 1.29 is 4.74 Å². The molecule has 0 spiro atoms. The van der Waals surface area contributed by atoms with Crippen LogP contribution in [0.1, 0.15) is 0 Å². The molecule has 3 rings (SSSR count). The first-order valence-electron chi connectivity index (χ1n) is 7.03. The number of hydrogen-bond acceptors (Lipinski definition) is 4. The standard InChI is InChI=1S/C17H15N3O2S/c1-20(2)17(23)22-12-9-7-11(8-10-12)15-13-5-3-4-6-14(13)16(21)19-18-15/h3-10H,1-2H3,(H,19,21). The van der Waals surface area contributed by atoms with Gasteiger partial charge in [-0.3, -0.25) is 4.79 Å². The lowest BCUT2D eigenvalue weighted by Gasteiger charge is -2.14. The molecule has 0 atom stereocenters. The monoisotopic (exact) mass is 325 g/mol. The number of benzene rings is 2. The van der Waals surface area contributed by atoms with E-state index >= 15 is 0 Å². The lowest BCUT2D eigenvalue weighted by atomic mass is 10.1. The average Bonchev–Trinajstić information content (AvgIpc) is 2.56. The van der Waals surface area contributed by atoms with E-state index in [1.54, 1.807) is 11.0 Å². The highest BCUT2D eigenvalue weighted by Gasteiger charge is 2.09. The summed E-state index contributed by atoms with van der Waals surface area (Å²) in [7, 11) is 3.65. The van der Waals surface area contributed by atoms with Crippen LogP contribution in [-0.4, -0.2) is 34.4 Å². The zero-order chi connectivity index (χ0) is 16.4. The number of ether oxygens (including phenoxy) is 1. The smallest absolute Gasteiger partial charge is 0.272 e. The van der Waals surface area contributed by atoms with Crippen LogP contribution in [0.25, 0.3) is 22.0 Å². The van der Waals surface area contributed by atoms with E-state index in [2.05, 4.69) is 10.2 Å². The Morgan fingerprint density at radius 3 is 2.39 bits per heavy atom. The number of aromatic amines is 1. The molecule has 0 saturated carbocycles. The van der Waals surface area contributed by atoms with Crippen LogP contribution >= 0.6 is 12.2 Å². The van der Waals surface area contributed by atoms with E-state index in [1.165, 1.54) is 0 Å². The average molecular weight is 325 g/mol. The van der Waals surface area contributed by atoms with Crippen molar-refractivity contribution in [3.8, 4) is 17.0 Å². The Hall–Kier alpha value is -2.73. The molecule has 1 N–H and O–H groups in total. The van der Waals surface area contributed by atoms with Crippen molar-refractivity contribution >= 4 is 28.2 Å². The molecule has 0 aliphatic heterocycles. The van der Waals surface area contributed by atoms with E-state index in [0.717, 1.165) is 16.6 Å². The van der Waals surface area contributed by atoms with Gasteiger partial charge in [0.25, 0.3) is 10.7 Å².